The van der Waals surface area contributed by atoms with Crippen molar-refractivity contribution in [3.05, 3.63) is 0 Å². The quantitative estimate of drug-likeness (QED) is 0.784. The third-order valence-corrected chi connectivity index (χ3v) is 7.01. The zero-order chi connectivity index (χ0) is 17.2. The molecule has 2 saturated heterocycles. The molecule has 2 fully saturated rings. The van der Waals surface area contributed by atoms with Crippen LogP contribution in [0, 0.1) is 11.8 Å². The van der Waals surface area contributed by atoms with Crippen molar-refractivity contribution in [1.82, 2.24) is 9.21 Å². The first-order valence-corrected chi connectivity index (χ1v) is 9.94. The summed E-state index contributed by atoms with van der Waals surface area (Å²) in [5.41, 5.74) is 5.38. The Balaban J connectivity index is 1.97. The Morgan fingerprint density at radius 3 is 2.22 bits per heavy atom. The molecule has 2 heterocycles. The molecule has 0 aromatic heterocycles. The van der Waals surface area contributed by atoms with Gasteiger partial charge in [-0.15, -0.1) is 0 Å². The highest BCUT2D eigenvalue weighted by atomic mass is 32.2. The zero-order valence-electron chi connectivity index (χ0n) is 13.9. The Bertz CT molecular complexity index is 555. The van der Waals surface area contributed by atoms with Crippen LogP contribution in [-0.2, 0) is 19.6 Å². The van der Waals surface area contributed by atoms with Gasteiger partial charge in [0.25, 0.3) is 0 Å². The summed E-state index contributed by atoms with van der Waals surface area (Å²) in [4.78, 5) is 25.9. The predicted octanol–water partition coefficient (Wildman–Crippen LogP) is 0.161. The molecule has 2 aliphatic heterocycles. The number of piperidine rings is 2. The lowest BCUT2D eigenvalue weighted by atomic mass is 9.89. The number of hydrogen-bond donors (Lipinski definition) is 1. The van der Waals surface area contributed by atoms with Gasteiger partial charge in [-0.3, -0.25) is 9.59 Å². The Labute approximate surface area is 138 Å². The number of sulfonamides is 1. The molecule has 7 nitrogen and oxygen atoms in total. The van der Waals surface area contributed by atoms with Gasteiger partial charge in [-0.05, 0) is 39.5 Å². The minimum absolute atomic E-state index is 0.0389. The fraction of sp³-hybridized carbons (Fsp3) is 0.867. The van der Waals surface area contributed by atoms with E-state index in [-0.39, 0.29) is 35.4 Å². The zero-order valence-corrected chi connectivity index (χ0v) is 14.7. The summed E-state index contributed by atoms with van der Waals surface area (Å²) in [5, 5.41) is 0. The van der Waals surface area contributed by atoms with Gasteiger partial charge in [-0.2, -0.15) is 0 Å². The molecular weight excluding hydrogens is 318 g/mol. The Hall–Kier alpha value is -1.15. The van der Waals surface area contributed by atoms with E-state index in [1.165, 1.54) is 4.31 Å². The van der Waals surface area contributed by atoms with Crippen molar-refractivity contribution < 1.29 is 18.0 Å². The highest BCUT2D eigenvalue weighted by Gasteiger charge is 2.37. The van der Waals surface area contributed by atoms with Gasteiger partial charge in [0.1, 0.15) is 0 Å². The summed E-state index contributed by atoms with van der Waals surface area (Å²) >= 11 is 0. The first kappa shape index (κ1) is 18.2. The third kappa shape index (κ3) is 4.03. The Morgan fingerprint density at radius 1 is 1.09 bits per heavy atom. The second kappa shape index (κ2) is 7.17. The van der Waals surface area contributed by atoms with Crippen LogP contribution in [0.15, 0.2) is 0 Å². The topological polar surface area (TPSA) is 101 Å². The van der Waals surface area contributed by atoms with Crippen molar-refractivity contribution in [2.45, 2.75) is 45.6 Å². The van der Waals surface area contributed by atoms with E-state index in [4.69, 9.17) is 5.73 Å². The van der Waals surface area contributed by atoms with Crippen molar-refractivity contribution in [2.75, 3.05) is 25.4 Å². The lowest BCUT2D eigenvalue weighted by molar-refractivity contribution is -0.142. The second-order valence-corrected chi connectivity index (χ2v) is 8.85. The number of carbonyl (C=O) groups excluding carboxylic acids is 2. The van der Waals surface area contributed by atoms with Gasteiger partial charge in [0.2, 0.25) is 21.8 Å². The van der Waals surface area contributed by atoms with Crippen LogP contribution < -0.4 is 5.73 Å². The molecule has 0 aromatic rings. The van der Waals surface area contributed by atoms with Crippen LogP contribution in [0.5, 0.6) is 0 Å². The van der Waals surface area contributed by atoms with Crippen LogP contribution in [0.25, 0.3) is 0 Å². The number of nitrogens with zero attached hydrogens (tertiary/aromatic N) is 2. The summed E-state index contributed by atoms with van der Waals surface area (Å²) < 4.78 is 25.2. The van der Waals surface area contributed by atoms with Gasteiger partial charge in [0.15, 0.2) is 0 Å². The van der Waals surface area contributed by atoms with Gasteiger partial charge >= 0.3 is 0 Å². The van der Waals surface area contributed by atoms with E-state index >= 15 is 0 Å². The lowest BCUT2D eigenvalue weighted by Gasteiger charge is -2.40. The van der Waals surface area contributed by atoms with Crippen LogP contribution in [0.1, 0.15) is 39.5 Å². The standard InChI is InChI=1S/C15H27N3O4S/c1-3-23(21,22)17-8-6-12(7-9-17)15(20)18-10-13(14(16)19)5-4-11(18)2/h11-13H,3-10H2,1-2H3,(H2,16,19). The van der Waals surface area contributed by atoms with Gasteiger partial charge < -0.3 is 10.6 Å². The SMILES string of the molecule is CCS(=O)(=O)N1CCC(C(=O)N2CC(C(N)=O)CCC2C)CC1. The number of rotatable bonds is 4. The average molecular weight is 345 g/mol. The van der Waals surface area contributed by atoms with Crippen LogP contribution in [0.2, 0.25) is 0 Å². The molecular formula is C15H27N3O4S. The summed E-state index contributed by atoms with van der Waals surface area (Å²) in [6.45, 7) is 4.81. The number of likely N-dealkylation sites (tertiary alicyclic amines) is 1. The number of nitrogens with two attached hydrogens (primary N) is 1. The number of hydrogen-bond acceptors (Lipinski definition) is 4. The molecule has 0 saturated carbocycles. The number of amides is 2. The maximum atomic E-state index is 12.8. The lowest BCUT2D eigenvalue weighted by Crippen LogP contribution is -2.52. The fourth-order valence-corrected chi connectivity index (χ4v) is 4.58. The van der Waals surface area contributed by atoms with E-state index in [0.717, 1.165) is 12.8 Å². The molecule has 2 rings (SSSR count). The molecule has 132 valence electrons. The van der Waals surface area contributed by atoms with Crippen molar-refractivity contribution in [3.8, 4) is 0 Å². The number of primary amides is 1. The molecule has 0 bridgehead atoms. The summed E-state index contributed by atoms with van der Waals surface area (Å²) in [6, 6.07) is 0.107. The minimum atomic E-state index is -3.18. The molecule has 0 aromatic carbocycles. The first-order valence-electron chi connectivity index (χ1n) is 8.34. The van der Waals surface area contributed by atoms with Crippen molar-refractivity contribution in [2.24, 2.45) is 17.6 Å². The van der Waals surface area contributed by atoms with E-state index < -0.39 is 10.0 Å². The molecule has 2 N–H and O–H groups in total. The van der Waals surface area contributed by atoms with E-state index in [1.807, 2.05) is 6.92 Å². The molecule has 8 heteroatoms. The fourth-order valence-electron chi connectivity index (χ4n) is 3.44. The largest absolute Gasteiger partial charge is 0.369 e. The van der Waals surface area contributed by atoms with Crippen molar-refractivity contribution >= 4 is 21.8 Å². The highest BCUT2D eigenvalue weighted by Crippen LogP contribution is 2.27. The van der Waals surface area contributed by atoms with E-state index in [9.17, 15) is 18.0 Å². The predicted molar refractivity (Wildman–Crippen MR) is 86.9 cm³/mol. The molecule has 0 radical (unpaired) electrons. The minimum Gasteiger partial charge on any atom is -0.369 e. The van der Waals surface area contributed by atoms with Crippen molar-refractivity contribution in [3.63, 3.8) is 0 Å². The Kier molecular flexibility index (Phi) is 5.67. The smallest absolute Gasteiger partial charge is 0.226 e. The molecule has 2 atom stereocenters. The van der Waals surface area contributed by atoms with E-state index in [2.05, 4.69) is 0 Å². The van der Waals surface area contributed by atoms with Gasteiger partial charge in [0.05, 0.1) is 11.7 Å². The summed E-state index contributed by atoms with van der Waals surface area (Å²) in [7, 11) is -3.18. The van der Waals surface area contributed by atoms with Gasteiger partial charge in [0, 0.05) is 31.6 Å². The van der Waals surface area contributed by atoms with Gasteiger partial charge in [-0.1, -0.05) is 0 Å². The van der Waals surface area contributed by atoms with E-state index in [0.29, 0.717) is 32.5 Å². The van der Waals surface area contributed by atoms with Crippen LogP contribution in [0.4, 0.5) is 0 Å². The van der Waals surface area contributed by atoms with Crippen LogP contribution >= 0.6 is 0 Å². The second-order valence-electron chi connectivity index (χ2n) is 6.59. The third-order valence-electron chi connectivity index (χ3n) is 5.13. The molecule has 2 unspecified atom stereocenters. The summed E-state index contributed by atoms with van der Waals surface area (Å²) in [6.07, 6.45) is 2.60. The maximum absolute atomic E-state index is 12.8. The average Bonchev–Trinajstić information content (AvgIpc) is 2.54. The number of carbonyl (C=O) groups is 2. The Morgan fingerprint density at radius 2 is 1.70 bits per heavy atom. The highest BCUT2D eigenvalue weighted by molar-refractivity contribution is 7.89. The normalized spacial score (nSPS) is 27.8. The first-order chi connectivity index (χ1) is 10.8. The van der Waals surface area contributed by atoms with Gasteiger partial charge in [-0.25, -0.2) is 12.7 Å². The monoisotopic (exact) mass is 345 g/mol. The molecule has 0 aliphatic carbocycles. The van der Waals surface area contributed by atoms with Crippen molar-refractivity contribution in [1.29, 1.82) is 0 Å². The molecule has 23 heavy (non-hydrogen) atoms. The molecule has 0 spiro atoms. The molecule has 2 aliphatic rings. The van der Waals surface area contributed by atoms with Crippen LogP contribution in [0.3, 0.4) is 0 Å². The maximum Gasteiger partial charge on any atom is 0.226 e. The van der Waals surface area contributed by atoms with Crippen LogP contribution in [-0.4, -0.2) is 60.9 Å². The van der Waals surface area contributed by atoms with E-state index in [1.54, 1.807) is 11.8 Å². The molecule has 2 amide bonds. The summed E-state index contributed by atoms with van der Waals surface area (Å²) in [5.74, 6) is -0.645.